The van der Waals surface area contributed by atoms with Crippen molar-refractivity contribution in [3.05, 3.63) is 24.3 Å². The molecule has 0 saturated heterocycles. The third kappa shape index (κ3) is 16.0. The summed E-state index contributed by atoms with van der Waals surface area (Å²) in [6.45, 7) is 12.0. The molecule has 1 fully saturated rings. The average Bonchev–Trinajstić information content (AvgIpc) is 3.19. The van der Waals surface area contributed by atoms with Crippen molar-refractivity contribution in [1.82, 2.24) is 0 Å². The van der Waals surface area contributed by atoms with E-state index in [2.05, 4.69) is 32.6 Å². The fourth-order valence-electron chi connectivity index (χ4n) is 5.67. The van der Waals surface area contributed by atoms with Crippen LogP contribution in [-0.2, 0) is 19.1 Å². The van der Waals surface area contributed by atoms with Crippen LogP contribution in [0.25, 0.3) is 0 Å². The van der Waals surface area contributed by atoms with Crippen LogP contribution in [0.3, 0.4) is 0 Å². The zero-order valence-corrected chi connectivity index (χ0v) is 26.1. The van der Waals surface area contributed by atoms with Gasteiger partial charge in [0.2, 0.25) is 0 Å². The van der Waals surface area contributed by atoms with Crippen molar-refractivity contribution in [2.75, 3.05) is 0 Å². The van der Waals surface area contributed by atoms with E-state index in [1.54, 1.807) is 0 Å². The number of ether oxygens (including phenoxy) is 2. The van der Waals surface area contributed by atoms with Crippen molar-refractivity contribution in [1.29, 1.82) is 0 Å². The van der Waals surface area contributed by atoms with Crippen LogP contribution >= 0.6 is 0 Å². The van der Waals surface area contributed by atoms with Gasteiger partial charge >= 0.3 is 11.9 Å². The van der Waals surface area contributed by atoms with Gasteiger partial charge in [-0.05, 0) is 71.1 Å². The molecule has 1 rings (SSSR count). The van der Waals surface area contributed by atoms with Gasteiger partial charge in [-0.2, -0.15) is 0 Å². The zero-order valence-electron chi connectivity index (χ0n) is 26.1. The molecule has 0 amide bonds. The van der Waals surface area contributed by atoms with Crippen molar-refractivity contribution in [2.24, 2.45) is 11.8 Å². The number of aliphatic hydroxyl groups is 2. The third-order valence-corrected chi connectivity index (χ3v) is 8.04. The van der Waals surface area contributed by atoms with Crippen LogP contribution in [0.15, 0.2) is 24.3 Å². The number of rotatable bonds is 23. The molecular weight excluding hydrogens is 504 g/mol. The molecule has 6 nitrogen and oxygen atoms in total. The van der Waals surface area contributed by atoms with E-state index < -0.39 is 6.10 Å². The van der Waals surface area contributed by atoms with Crippen molar-refractivity contribution in [3.63, 3.8) is 0 Å². The predicted octanol–water partition coefficient (Wildman–Crippen LogP) is 7.99. The van der Waals surface area contributed by atoms with Gasteiger partial charge in [0.05, 0.1) is 18.3 Å². The largest absolute Gasteiger partial charge is 0.463 e. The van der Waals surface area contributed by atoms with Gasteiger partial charge in [0, 0.05) is 24.3 Å². The highest BCUT2D eigenvalue weighted by molar-refractivity contribution is 5.87. The molecule has 0 unspecified atom stereocenters. The quantitative estimate of drug-likeness (QED) is 0.0565. The maximum absolute atomic E-state index is 12.9. The molecule has 0 bridgehead atoms. The Balaban J connectivity index is 2.67. The lowest BCUT2D eigenvalue weighted by molar-refractivity contribution is -0.148. The number of aliphatic hydroxyl groups excluding tert-OH is 2. The highest BCUT2D eigenvalue weighted by atomic mass is 16.5. The van der Waals surface area contributed by atoms with Crippen LogP contribution in [0.1, 0.15) is 143 Å². The minimum atomic E-state index is -0.558. The maximum Gasteiger partial charge on any atom is 0.333 e. The van der Waals surface area contributed by atoms with Gasteiger partial charge < -0.3 is 19.7 Å². The second-order valence-corrected chi connectivity index (χ2v) is 12.1. The number of carbonyl (C=O) groups excluding carboxylic acids is 2. The minimum absolute atomic E-state index is 0.00714. The summed E-state index contributed by atoms with van der Waals surface area (Å²) in [7, 11) is 0. The van der Waals surface area contributed by atoms with Crippen LogP contribution in [0, 0.1) is 11.8 Å². The summed E-state index contributed by atoms with van der Waals surface area (Å²) in [5, 5.41) is 21.5. The van der Waals surface area contributed by atoms with E-state index in [-0.39, 0.29) is 42.1 Å². The molecule has 0 spiro atoms. The molecule has 1 aliphatic carbocycles. The van der Waals surface area contributed by atoms with Gasteiger partial charge in [-0.25, -0.2) is 4.79 Å². The highest BCUT2D eigenvalue weighted by Crippen LogP contribution is 2.40. The van der Waals surface area contributed by atoms with E-state index in [4.69, 9.17) is 9.47 Å². The topological polar surface area (TPSA) is 93.1 Å². The van der Waals surface area contributed by atoms with Crippen LogP contribution < -0.4 is 0 Å². The number of esters is 2. The summed E-state index contributed by atoms with van der Waals surface area (Å²) in [5.41, 5.74) is 0.516. The van der Waals surface area contributed by atoms with Gasteiger partial charge in [0.25, 0.3) is 0 Å². The minimum Gasteiger partial charge on any atom is -0.463 e. The first-order valence-electron chi connectivity index (χ1n) is 16.3. The van der Waals surface area contributed by atoms with Crippen molar-refractivity contribution in [3.8, 4) is 0 Å². The number of hydrogen-bond acceptors (Lipinski definition) is 6. The Bertz CT molecular complexity index is 730. The third-order valence-electron chi connectivity index (χ3n) is 8.04. The molecule has 0 aliphatic heterocycles. The van der Waals surface area contributed by atoms with Gasteiger partial charge in [-0.15, -0.1) is 0 Å². The Morgan fingerprint density at radius 3 is 2.27 bits per heavy atom. The van der Waals surface area contributed by atoms with Crippen molar-refractivity contribution >= 4 is 11.9 Å². The molecule has 0 heterocycles. The molecule has 2 N–H and O–H groups in total. The lowest BCUT2D eigenvalue weighted by Gasteiger charge is -2.26. The molecular formula is C34H60O6. The molecule has 0 aromatic heterocycles. The van der Waals surface area contributed by atoms with E-state index in [0.717, 1.165) is 51.4 Å². The van der Waals surface area contributed by atoms with Crippen LogP contribution in [-0.4, -0.2) is 46.6 Å². The van der Waals surface area contributed by atoms with Gasteiger partial charge in [0.1, 0.15) is 6.10 Å². The fourth-order valence-corrected chi connectivity index (χ4v) is 5.67. The van der Waals surface area contributed by atoms with Gasteiger partial charge in [-0.3, -0.25) is 4.79 Å². The van der Waals surface area contributed by atoms with E-state index >= 15 is 0 Å². The molecule has 6 heteroatoms. The highest BCUT2D eigenvalue weighted by Gasteiger charge is 2.43. The van der Waals surface area contributed by atoms with E-state index in [1.807, 2.05) is 13.8 Å². The van der Waals surface area contributed by atoms with Crippen molar-refractivity contribution in [2.45, 2.75) is 168 Å². The number of allylic oxidation sites excluding steroid dienone is 2. The Labute approximate surface area is 245 Å². The monoisotopic (exact) mass is 564 g/mol. The SMILES string of the molecule is C=C(CCCCCCCC)C(=O)O[C@@H]1C[C@H](O)[C@H](C/C=C\CCCC(=O)OC(C)C)[C@H]1CC[C@@H](O)CCCCC. The van der Waals surface area contributed by atoms with Gasteiger partial charge in [0.15, 0.2) is 0 Å². The smallest absolute Gasteiger partial charge is 0.333 e. The first-order valence-corrected chi connectivity index (χ1v) is 16.3. The Morgan fingerprint density at radius 1 is 0.900 bits per heavy atom. The Morgan fingerprint density at radius 2 is 1.57 bits per heavy atom. The van der Waals surface area contributed by atoms with E-state index in [0.29, 0.717) is 44.1 Å². The molecule has 40 heavy (non-hydrogen) atoms. The summed E-state index contributed by atoms with van der Waals surface area (Å²) in [6, 6.07) is 0. The number of unbranched alkanes of at least 4 members (excludes halogenated alkanes) is 8. The summed E-state index contributed by atoms with van der Waals surface area (Å²) in [5.74, 6) is -0.555. The lowest BCUT2D eigenvalue weighted by atomic mass is 9.85. The molecule has 5 atom stereocenters. The molecule has 1 aliphatic rings. The summed E-state index contributed by atoms with van der Waals surface area (Å²) in [4.78, 5) is 24.6. The number of carbonyl (C=O) groups is 2. The zero-order chi connectivity index (χ0) is 29.8. The molecule has 0 aromatic rings. The lowest BCUT2D eigenvalue weighted by Crippen LogP contribution is -2.27. The molecule has 0 radical (unpaired) electrons. The molecule has 1 saturated carbocycles. The van der Waals surface area contributed by atoms with Crippen LogP contribution in [0.2, 0.25) is 0 Å². The predicted molar refractivity (Wildman–Crippen MR) is 163 cm³/mol. The fraction of sp³-hybridized carbons (Fsp3) is 0.824. The second kappa shape index (κ2) is 22.0. The number of hydrogen-bond donors (Lipinski definition) is 2. The average molecular weight is 565 g/mol. The summed E-state index contributed by atoms with van der Waals surface area (Å²) >= 11 is 0. The first-order chi connectivity index (χ1) is 19.2. The van der Waals surface area contributed by atoms with Gasteiger partial charge in [-0.1, -0.05) is 83.9 Å². The standard InChI is InChI=1S/C34H60O6/c1-6-8-10-11-12-16-19-27(5)34(38)40-32-25-31(36)29(30(32)24-23-28(35)20-15-9-7-2)21-17-13-14-18-22-33(37)39-26(3)4/h13,17,26,28-32,35-36H,5-12,14-16,18-25H2,1-4H3/b17-13-/t28-,29+,30+,31-,32+/m0/s1. The molecule has 0 aromatic carbocycles. The van der Waals surface area contributed by atoms with Crippen LogP contribution in [0.4, 0.5) is 0 Å². The normalized spacial score (nSPS) is 21.7. The van der Waals surface area contributed by atoms with Crippen molar-refractivity contribution < 1.29 is 29.3 Å². The second-order valence-electron chi connectivity index (χ2n) is 12.1. The van der Waals surface area contributed by atoms with Crippen LogP contribution in [0.5, 0.6) is 0 Å². The summed E-state index contributed by atoms with van der Waals surface area (Å²) < 4.78 is 11.1. The maximum atomic E-state index is 12.9. The van der Waals surface area contributed by atoms with E-state index in [1.165, 1.54) is 25.7 Å². The Kier molecular flexibility index (Phi) is 20.0. The molecule has 232 valence electrons. The Hall–Kier alpha value is -1.66. The van der Waals surface area contributed by atoms with E-state index in [9.17, 15) is 19.8 Å². The summed E-state index contributed by atoms with van der Waals surface area (Å²) in [6.07, 6.45) is 18.7. The first kappa shape index (κ1) is 36.4.